The second-order valence-electron chi connectivity index (χ2n) is 4.14. The maximum Gasteiger partial charge on any atom is 0.144 e. The van der Waals surface area contributed by atoms with Gasteiger partial charge >= 0.3 is 0 Å². The standard InChI is InChI=1S/C14H17N3O/c1-10(12-9-15-17(3)11(12)2)16-13-7-5-6-8-14(13)18-4/h5-9H,1-4H3. The first kappa shape index (κ1) is 12.4. The van der Waals surface area contributed by atoms with Crippen LogP contribution in [0.5, 0.6) is 5.75 Å². The summed E-state index contributed by atoms with van der Waals surface area (Å²) >= 11 is 0. The van der Waals surface area contributed by atoms with Gasteiger partial charge in [0.05, 0.1) is 13.3 Å². The third-order valence-electron chi connectivity index (χ3n) is 3.00. The fourth-order valence-corrected chi connectivity index (χ4v) is 1.82. The van der Waals surface area contributed by atoms with E-state index in [1.54, 1.807) is 7.11 Å². The van der Waals surface area contributed by atoms with Crippen LogP contribution in [0, 0.1) is 6.92 Å². The molecule has 0 radical (unpaired) electrons. The van der Waals surface area contributed by atoms with Crippen molar-refractivity contribution < 1.29 is 4.74 Å². The Balaban J connectivity index is 2.41. The number of para-hydroxylation sites is 2. The van der Waals surface area contributed by atoms with Crippen LogP contribution in [0.4, 0.5) is 5.69 Å². The Labute approximate surface area is 107 Å². The van der Waals surface area contributed by atoms with E-state index < -0.39 is 0 Å². The zero-order valence-electron chi connectivity index (χ0n) is 11.1. The lowest BCUT2D eigenvalue weighted by atomic mass is 10.2. The van der Waals surface area contributed by atoms with E-state index in [0.717, 1.165) is 28.4 Å². The van der Waals surface area contributed by atoms with Crippen LogP contribution in [0.1, 0.15) is 18.2 Å². The van der Waals surface area contributed by atoms with Crippen molar-refractivity contribution in [3.63, 3.8) is 0 Å². The smallest absolute Gasteiger partial charge is 0.144 e. The number of aliphatic imine (C=N–C) groups is 1. The first-order valence-corrected chi connectivity index (χ1v) is 5.80. The lowest BCUT2D eigenvalue weighted by Gasteiger charge is -2.05. The molecule has 0 unspecified atom stereocenters. The fourth-order valence-electron chi connectivity index (χ4n) is 1.82. The minimum Gasteiger partial charge on any atom is -0.494 e. The molecule has 1 aromatic heterocycles. The number of aromatic nitrogens is 2. The van der Waals surface area contributed by atoms with Crippen LogP contribution in [0.3, 0.4) is 0 Å². The van der Waals surface area contributed by atoms with E-state index in [1.807, 2.05) is 56.0 Å². The molecule has 0 atom stereocenters. The van der Waals surface area contributed by atoms with E-state index in [0.29, 0.717) is 0 Å². The topological polar surface area (TPSA) is 39.4 Å². The summed E-state index contributed by atoms with van der Waals surface area (Å²) in [5, 5.41) is 4.23. The lowest BCUT2D eigenvalue weighted by Crippen LogP contribution is -1.98. The maximum absolute atomic E-state index is 5.29. The Morgan fingerprint density at radius 2 is 2.06 bits per heavy atom. The van der Waals surface area contributed by atoms with Crippen LogP contribution in [-0.2, 0) is 7.05 Å². The molecule has 0 spiro atoms. The summed E-state index contributed by atoms with van der Waals surface area (Å²) in [5.74, 6) is 0.776. The number of benzene rings is 1. The molecule has 0 aliphatic heterocycles. The summed E-state index contributed by atoms with van der Waals surface area (Å²) < 4.78 is 7.13. The van der Waals surface area contributed by atoms with Gasteiger partial charge in [0.1, 0.15) is 11.4 Å². The molecular weight excluding hydrogens is 226 g/mol. The van der Waals surface area contributed by atoms with Gasteiger partial charge in [0.15, 0.2) is 0 Å². The molecule has 0 aliphatic rings. The number of hydrogen-bond acceptors (Lipinski definition) is 3. The zero-order valence-corrected chi connectivity index (χ0v) is 11.1. The number of ether oxygens (including phenoxy) is 1. The molecule has 18 heavy (non-hydrogen) atoms. The number of nitrogens with zero attached hydrogens (tertiary/aromatic N) is 3. The van der Waals surface area contributed by atoms with Crippen molar-refractivity contribution in [3.8, 4) is 5.75 Å². The average molecular weight is 243 g/mol. The third-order valence-corrected chi connectivity index (χ3v) is 3.00. The summed E-state index contributed by atoms with van der Waals surface area (Å²) in [7, 11) is 3.58. The van der Waals surface area contributed by atoms with Crippen molar-refractivity contribution in [2.24, 2.45) is 12.0 Å². The van der Waals surface area contributed by atoms with Gasteiger partial charge in [-0.3, -0.25) is 4.68 Å². The van der Waals surface area contributed by atoms with Crippen molar-refractivity contribution in [3.05, 3.63) is 41.7 Å². The highest BCUT2D eigenvalue weighted by atomic mass is 16.5. The van der Waals surface area contributed by atoms with Crippen LogP contribution in [-0.4, -0.2) is 22.6 Å². The highest BCUT2D eigenvalue weighted by molar-refractivity contribution is 6.01. The summed E-state index contributed by atoms with van der Waals surface area (Å²) in [5.41, 5.74) is 3.93. The molecule has 0 saturated carbocycles. The van der Waals surface area contributed by atoms with Crippen molar-refractivity contribution in [2.75, 3.05) is 7.11 Å². The summed E-state index contributed by atoms with van der Waals surface area (Å²) in [6.45, 7) is 4.01. The normalized spacial score (nSPS) is 11.7. The SMILES string of the molecule is COc1ccccc1N=C(C)c1cnn(C)c1C. The Bertz CT molecular complexity index is 584. The Kier molecular flexibility index (Phi) is 3.46. The van der Waals surface area contributed by atoms with Gasteiger partial charge in [-0.2, -0.15) is 5.10 Å². The number of rotatable bonds is 3. The van der Waals surface area contributed by atoms with E-state index in [-0.39, 0.29) is 0 Å². The highest BCUT2D eigenvalue weighted by Gasteiger charge is 2.08. The highest BCUT2D eigenvalue weighted by Crippen LogP contribution is 2.27. The van der Waals surface area contributed by atoms with Crippen LogP contribution < -0.4 is 4.74 Å². The van der Waals surface area contributed by atoms with Crippen LogP contribution >= 0.6 is 0 Å². The fraction of sp³-hybridized carbons (Fsp3) is 0.286. The van der Waals surface area contributed by atoms with Gasteiger partial charge in [0, 0.05) is 24.0 Å². The third kappa shape index (κ3) is 2.27. The van der Waals surface area contributed by atoms with E-state index in [9.17, 15) is 0 Å². The maximum atomic E-state index is 5.29. The van der Waals surface area contributed by atoms with E-state index >= 15 is 0 Å². The molecule has 0 saturated heterocycles. The zero-order chi connectivity index (χ0) is 13.1. The van der Waals surface area contributed by atoms with Crippen LogP contribution in [0.25, 0.3) is 0 Å². The second kappa shape index (κ2) is 5.04. The second-order valence-corrected chi connectivity index (χ2v) is 4.14. The Morgan fingerprint density at radius 3 is 2.67 bits per heavy atom. The summed E-state index contributed by atoms with van der Waals surface area (Å²) in [6.07, 6.45) is 1.84. The van der Waals surface area contributed by atoms with E-state index in [1.165, 1.54) is 0 Å². The molecule has 4 nitrogen and oxygen atoms in total. The van der Waals surface area contributed by atoms with Gasteiger partial charge in [-0.1, -0.05) is 12.1 Å². The molecule has 4 heteroatoms. The monoisotopic (exact) mass is 243 g/mol. The number of aryl methyl sites for hydroxylation is 1. The van der Waals surface area contributed by atoms with Gasteiger partial charge in [-0.25, -0.2) is 4.99 Å². The summed E-state index contributed by atoms with van der Waals surface area (Å²) in [6, 6.07) is 7.73. The molecule has 2 rings (SSSR count). The Hall–Kier alpha value is -2.10. The molecule has 0 amide bonds. The van der Waals surface area contributed by atoms with Crippen molar-refractivity contribution in [1.29, 1.82) is 0 Å². The average Bonchev–Trinajstić information content (AvgIpc) is 2.71. The van der Waals surface area contributed by atoms with E-state index in [2.05, 4.69) is 10.1 Å². The predicted octanol–water partition coefficient (Wildman–Crippen LogP) is 2.88. The predicted molar refractivity (Wildman–Crippen MR) is 72.8 cm³/mol. The Morgan fingerprint density at radius 1 is 1.33 bits per heavy atom. The number of hydrogen-bond donors (Lipinski definition) is 0. The molecule has 1 aromatic carbocycles. The van der Waals surface area contributed by atoms with Crippen LogP contribution in [0.2, 0.25) is 0 Å². The molecule has 2 aromatic rings. The molecule has 0 fully saturated rings. The van der Waals surface area contributed by atoms with Crippen molar-refractivity contribution >= 4 is 11.4 Å². The van der Waals surface area contributed by atoms with Gasteiger partial charge in [-0.15, -0.1) is 0 Å². The quantitative estimate of drug-likeness (QED) is 0.777. The lowest BCUT2D eigenvalue weighted by molar-refractivity contribution is 0.416. The first-order chi connectivity index (χ1) is 8.63. The van der Waals surface area contributed by atoms with Crippen molar-refractivity contribution in [2.45, 2.75) is 13.8 Å². The van der Waals surface area contributed by atoms with Gasteiger partial charge in [0.2, 0.25) is 0 Å². The largest absolute Gasteiger partial charge is 0.494 e. The minimum atomic E-state index is 0.776. The van der Waals surface area contributed by atoms with Gasteiger partial charge < -0.3 is 4.74 Å². The molecule has 0 N–H and O–H groups in total. The first-order valence-electron chi connectivity index (χ1n) is 5.80. The van der Waals surface area contributed by atoms with Gasteiger partial charge in [-0.05, 0) is 26.0 Å². The summed E-state index contributed by atoms with van der Waals surface area (Å²) in [4.78, 5) is 4.61. The molecule has 94 valence electrons. The van der Waals surface area contributed by atoms with Crippen molar-refractivity contribution in [1.82, 2.24) is 9.78 Å². The van der Waals surface area contributed by atoms with Gasteiger partial charge in [0.25, 0.3) is 0 Å². The van der Waals surface area contributed by atoms with Crippen LogP contribution in [0.15, 0.2) is 35.5 Å². The molecule has 0 aliphatic carbocycles. The minimum absolute atomic E-state index is 0.776. The van der Waals surface area contributed by atoms with E-state index in [4.69, 9.17) is 4.74 Å². The molecule has 1 heterocycles. The molecular formula is C14H17N3O. The molecule has 0 bridgehead atoms. The number of methoxy groups -OCH3 is 1.